The van der Waals surface area contributed by atoms with Crippen LogP contribution in [0.2, 0.25) is 0 Å². The topological polar surface area (TPSA) is 73.1 Å². The Hall–Kier alpha value is -1.60. The van der Waals surface area contributed by atoms with Crippen LogP contribution in [0.4, 0.5) is 13.2 Å². The van der Waals surface area contributed by atoms with Crippen molar-refractivity contribution in [3.63, 3.8) is 0 Å². The largest absolute Gasteiger partial charge is 0.507 e. The molecule has 0 aliphatic heterocycles. The number of allylic oxidation sites excluding steroid dienone is 2. The monoisotopic (exact) mass is 251 g/mol. The first-order valence-corrected chi connectivity index (χ1v) is 4.38. The minimum Gasteiger partial charge on any atom is -0.507 e. The minimum absolute atomic E-state index is 0.170. The summed E-state index contributed by atoms with van der Waals surface area (Å²) in [6, 6.07) is 0. The molecule has 96 valence electrons. The molecule has 0 aliphatic rings. The third-order valence-corrected chi connectivity index (χ3v) is 1.55. The van der Waals surface area contributed by atoms with Crippen molar-refractivity contribution in [2.75, 3.05) is 0 Å². The number of hydrogen-bond donors (Lipinski definition) is 3. The van der Waals surface area contributed by atoms with Gasteiger partial charge in [-0.1, -0.05) is 12.7 Å². The number of halogens is 3. The lowest BCUT2D eigenvalue weighted by molar-refractivity contribution is -0.324. The van der Waals surface area contributed by atoms with E-state index in [1.807, 2.05) is 0 Å². The Kier molecular flexibility index (Phi) is 5.11. The fourth-order valence-electron chi connectivity index (χ4n) is 0.650. The second-order valence-corrected chi connectivity index (χ2v) is 3.04. The lowest BCUT2D eigenvalue weighted by atomic mass is 10.1. The molecule has 0 aromatic carbocycles. The van der Waals surface area contributed by atoms with E-state index >= 15 is 0 Å². The molecule has 0 radical (unpaired) electrons. The molecule has 0 atom stereocenters. The smallest absolute Gasteiger partial charge is 0.447 e. The summed E-state index contributed by atoms with van der Waals surface area (Å²) in [6.45, 7) is 4.86. The first kappa shape index (κ1) is 15.4. The third kappa shape index (κ3) is 4.83. The maximum Gasteiger partial charge on any atom is 0.447 e. The van der Waals surface area contributed by atoms with Crippen LogP contribution in [0.25, 0.3) is 0 Å². The summed E-state index contributed by atoms with van der Waals surface area (Å²) < 4.78 is 36.1. The Morgan fingerprint density at radius 3 is 2.24 bits per heavy atom. The SMILES string of the molecule is C=C(C=N/C=C\C)/C(O)=C/C(O)(O)C(F)(F)F. The Labute approximate surface area is 95.7 Å². The highest BCUT2D eigenvalue weighted by Crippen LogP contribution is 2.30. The van der Waals surface area contributed by atoms with Crippen LogP contribution in [0.15, 0.2) is 41.3 Å². The summed E-state index contributed by atoms with van der Waals surface area (Å²) in [5.41, 5.74) is -0.292. The summed E-state index contributed by atoms with van der Waals surface area (Å²) in [5, 5.41) is 26.4. The molecule has 0 aliphatic carbocycles. The van der Waals surface area contributed by atoms with E-state index in [0.29, 0.717) is 0 Å². The molecule has 0 amide bonds. The lowest BCUT2D eigenvalue weighted by Gasteiger charge is -2.21. The summed E-state index contributed by atoms with van der Waals surface area (Å²) >= 11 is 0. The van der Waals surface area contributed by atoms with Crippen molar-refractivity contribution in [2.45, 2.75) is 18.9 Å². The van der Waals surface area contributed by atoms with Gasteiger partial charge < -0.3 is 15.3 Å². The zero-order chi connectivity index (χ0) is 13.7. The molecule has 0 saturated carbocycles. The zero-order valence-corrected chi connectivity index (χ0v) is 8.94. The van der Waals surface area contributed by atoms with Gasteiger partial charge in [-0.15, -0.1) is 0 Å². The number of rotatable bonds is 4. The van der Waals surface area contributed by atoms with Crippen LogP contribution in [-0.2, 0) is 0 Å². The number of aliphatic imine (C=N–C) groups is 1. The lowest BCUT2D eigenvalue weighted by Crippen LogP contribution is -2.43. The summed E-state index contributed by atoms with van der Waals surface area (Å²) in [5.74, 6) is -5.14. The van der Waals surface area contributed by atoms with Gasteiger partial charge in [0.1, 0.15) is 5.76 Å². The number of aliphatic hydroxyl groups excluding tert-OH is 1. The number of alkyl halides is 3. The maximum absolute atomic E-state index is 12.0. The molecule has 7 heteroatoms. The Morgan fingerprint density at radius 2 is 1.82 bits per heavy atom. The van der Waals surface area contributed by atoms with Gasteiger partial charge in [0, 0.05) is 24.1 Å². The van der Waals surface area contributed by atoms with Crippen LogP contribution in [0, 0.1) is 0 Å². The maximum atomic E-state index is 12.0. The quantitative estimate of drug-likeness (QED) is 0.309. The van der Waals surface area contributed by atoms with Gasteiger partial charge in [-0.2, -0.15) is 13.2 Å². The average molecular weight is 251 g/mol. The summed E-state index contributed by atoms with van der Waals surface area (Å²) in [6.07, 6.45) is -1.66. The molecule has 0 saturated heterocycles. The zero-order valence-electron chi connectivity index (χ0n) is 8.94. The van der Waals surface area contributed by atoms with Crippen LogP contribution < -0.4 is 0 Å². The van der Waals surface area contributed by atoms with Crippen molar-refractivity contribution in [1.82, 2.24) is 0 Å². The van der Waals surface area contributed by atoms with E-state index in [1.54, 1.807) is 13.0 Å². The van der Waals surface area contributed by atoms with Crippen LogP contribution in [0.3, 0.4) is 0 Å². The van der Waals surface area contributed by atoms with Gasteiger partial charge in [-0.05, 0) is 6.92 Å². The predicted octanol–water partition coefficient (Wildman–Crippen LogP) is 1.83. The van der Waals surface area contributed by atoms with Gasteiger partial charge in [0.15, 0.2) is 0 Å². The van der Waals surface area contributed by atoms with E-state index in [0.717, 1.165) is 6.21 Å². The van der Waals surface area contributed by atoms with Crippen molar-refractivity contribution in [1.29, 1.82) is 0 Å². The van der Waals surface area contributed by atoms with E-state index in [1.165, 1.54) is 6.20 Å². The second-order valence-electron chi connectivity index (χ2n) is 3.04. The molecule has 0 bridgehead atoms. The van der Waals surface area contributed by atoms with E-state index in [4.69, 9.17) is 15.3 Å². The molecule has 0 spiro atoms. The average Bonchev–Trinajstić information content (AvgIpc) is 2.15. The highest BCUT2D eigenvalue weighted by molar-refractivity contribution is 5.83. The Morgan fingerprint density at radius 1 is 1.29 bits per heavy atom. The second kappa shape index (κ2) is 5.65. The van der Waals surface area contributed by atoms with Crippen molar-refractivity contribution >= 4 is 6.21 Å². The third-order valence-electron chi connectivity index (χ3n) is 1.55. The van der Waals surface area contributed by atoms with Gasteiger partial charge in [-0.3, -0.25) is 4.99 Å². The Bertz CT molecular complexity index is 367. The summed E-state index contributed by atoms with van der Waals surface area (Å²) in [7, 11) is 0. The normalized spacial score (nSPS) is 14.8. The van der Waals surface area contributed by atoms with Gasteiger partial charge in [0.25, 0.3) is 5.79 Å². The fourth-order valence-corrected chi connectivity index (χ4v) is 0.650. The molecule has 4 nitrogen and oxygen atoms in total. The molecule has 17 heavy (non-hydrogen) atoms. The standard InChI is InChI=1S/C10H12F3NO3/c1-3-4-14-6-7(2)8(15)5-9(16,17)10(11,12)13/h3-6,15-17H,2H2,1H3/b4-3-,8-5-,14-6?. The van der Waals surface area contributed by atoms with Crippen molar-refractivity contribution in [3.8, 4) is 0 Å². The molecular formula is C10H12F3NO3. The molecule has 0 unspecified atom stereocenters. The van der Waals surface area contributed by atoms with Crippen LogP contribution >= 0.6 is 0 Å². The van der Waals surface area contributed by atoms with Crippen molar-refractivity contribution in [2.24, 2.45) is 4.99 Å². The number of hydrogen-bond acceptors (Lipinski definition) is 4. The van der Waals surface area contributed by atoms with Crippen LogP contribution in [0.5, 0.6) is 0 Å². The molecule has 0 aromatic heterocycles. The van der Waals surface area contributed by atoms with Gasteiger partial charge >= 0.3 is 6.18 Å². The molecule has 0 fully saturated rings. The number of nitrogens with zero attached hydrogens (tertiary/aromatic N) is 1. The highest BCUT2D eigenvalue weighted by atomic mass is 19.4. The van der Waals surface area contributed by atoms with Gasteiger partial charge in [0.2, 0.25) is 0 Å². The predicted molar refractivity (Wildman–Crippen MR) is 56.4 cm³/mol. The Balaban J connectivity index is 4.93. The molecule has 0 aromatic rings. The first-order valence-electron chi connectivity index (χ1n) is 4.38. The van der Waals surface area contributed by atoms with E-state index in [9.17, 15) is 13.2 Å². The molecular weight excluding hydrogens is 239 g/mol. The fraction of sp³-hybridized carbons (Fsp3) is 0.300. The summed E-state index contributed by atoms with van der Waals surface area (Å²) in [4.78, 5) is 3.55. The van der Waals surface area contributed by atoms with E-state index < -0.39 is 17.7 Å². The van der Waals surface area contributed by atoms with Gasteiger partial charge in [0.05, 0.1) is 0 Å². The van der Waals surface area contributed by atoms with E-state index in [2.05, 4.69) is 11.6 Å². The molecule has 3 N–H and O–H groups in total. The van der Waals surface area contributed by atoms with E-state index in [-0.39, 0.29) is 11.6 Å². The first-order chi connectivity index (χ1) is 7.62. The van der Waals surface area contributed by atoms with Crippen molar-refractivity contribution in [3.05, 3.63) is 36.3 Å². The van der Waals surface area contributed by atoms with Gasteiger partial charge in [-0.25, -0.2) is 0 Å². The molecule has 0 rings (SSSR count). The van der Waals surface area contributed by atoms with Crippen LogP contribution in [0.1, 0.15) is 6.92 Å². The highest BCUT2D eigenvalue weighted by Gasteiger charge is 2.51. The van der Waals surface area contributed by atoms with Crippen molar-refractivity contribution < 1.29 is 28.5 Å². The minimum atomic E-state index is -5.32. The number of aliphatic hydroxyl groups is 3. The molecule has 0 heterocycles. The van der Waals surface area contributed by atoms with Crippen LogP contribution in [-0.4, -0.2) is 33.5 Å².